The largest absolute Gasteiger partial charge is 0.0836 e. The number of rotatable bonds is 2. The highest BCUT2D eigenvalue weighted by Crippen LogP contribution is 2.45. The summed E-state index contributed by atoms with van der Waals surface area (Å²) >= 11 is 0. The Labute approximate surface area is 183 Å². The molecule has 0 spiro atoms. The molecular formula is C31H24. The molecular weight excluding hydrogens is 372 g/mol. The number of fused-ring (bicyclic) bond motifs is 3. The number of hydrogen-bond acceptors (Lipinski definition) is 0. The summed E-state index contributed by atoms with van der Waals surface area (Å²) in [5.41, 5.74) is 5.42. The molecule has 0 saturated carbocycles. The van der Waals surface area contributed by atoms with E-state index < -0.39 is 0 Å². The van der Waals surface area contributed by atoms with Gasteiger partial charge >= 0.3 is 0 Å². The fourth-order valence-corrected chi connectivity index (χ4v) is 5.25. The predicted octanol–water partition coefficient (Wildman–Crippen LogP) is 8.72. The van der Waals surface area contributed by atoms with Crippen LogP contribution < -0.4 is 0 Å². The van der Waals surface area contributed by atoms with Crippen LogP contribution in [0.25, 0.3) is 43.4 Å². The van der Waals surface area contributed by atoms with Crippen molar-refractivity contribution in [1.82, 2.24) is 0 Å². The minimum Gasteiger partial charge on any atom is -0.0836 e. The lowest BCUT2D eigenvalue weighted by Gasteiger charge is -2.23. The molecule has 0 aliphatic heterocycles. The van der Waals surface area contributed by atoms with Crippen molar-refractivity contribution in [2.24, 2.45) is 0 Å². The molecule has 0 radical (unpaired) electrons. The standard InChI is InChI=1S/C31H24/c1-21-18-19-28-29(20-21)31(25-17-9-13-22-10-5-6-14-24(22)25)27-16-8-7-15-26(27)30(28)23-11-3-2-4-12-23/h2-11,13-20,23H,12H2,1H3. The Morgan fingerprint density at radius 3 is 2.23 bits per heavy atom. The van der Waals surface area contributed by atoms with Crippen LogP contribution in [0, 0.1) is 6.92 Å². The van der Waals surface area contributed by atoms with Gasteiger partial charge in [0, 0.05) is 5.92 Å². The Morgan fingerprint density at radius 2 is 1.39 bits per heavy atom. The number of benzene rings is 5. The quantitative estimate of drug-likeness (QED) is 0.262. The van der Waals surface area contributed by atoms with Gasteiger partial charge in [0.25, 0.3) is 0 Å². The molecule has 0 nitrogen and oxygen atoms in total. The summed E-state index contributed by atoms with van der Waals surface area (Å²) in [6, 6.07) is 31.4. The van der Waals surface area contributed by atoms with Gasteiger partial charge in [-0.15, -0.1) is 0 Å². The summed E-state index contributed by atoms with van der Waals surface area (Å²) < 4.78 is 0. The zero-order valence-corrected chi connectivity index (χ0v) is 17.7. The van der Waals surface area contributed by atoms with Crippen LogP contribution >= 0.6 is 0 Å². The van der Waals surface area contributed by atoms with Crippen LogP contribution in [0.2, 0.25) is 0 Å². The van der Waals surface area contributed by atoms with E-state index >= 15 is 0 Å². The molecule has 1 unspecified atom stereocenters. The Balaban J connectivity index is 1.81. The minimum absolute atomic E-state index is 0.404. The average Bonchev–Trinajstić information content (AvgIpc) is 2.83. The van der Waals surface area contributed by atoms with Crippen molar-refractivity contribution >= 4 is 32.3 Å². The summed E-state index contributed by atoms with van der Waals surface area (Å²) in [5, 5.41) is 8.03. The first-order chi connectivity index (χ1) is 15.3. The van der Waals surface area contributed by atoms with Crippen molar-refractivity contribution in [3.63, 3.8) is 0 Å². The SMILES string of the molecule is Cc1ccc2c(C3C=CC=CC3)c3ccccc3c(-c3cccc4ccccc34)c2c1. The van der Waals surface area contributed by atoms with E-state index in [1.165, 1.54) is 54.6 Å². The van der Waals surface area contributed by atoms with E-state index in [-0.39, 0.29) is 0 Å². The lowest BCUT2D eigenvalue weighted by molar-refractivity contribution is 0.870. The molecule has 0 bridgehead atoms. The number of hydrogen-bond donors (Lipinski definition) is 0. The van der Waals surface area contributed by atoms with Gasteiger partial charge in [0.15, 0.2) is 0 Å². The van der Waals surface area contributed by atoms with Gasteiger partial charge in [-0.2, -0.15) is 0 Å². The molecule has 5 aromatic carbocycles. The van der Waals surface area contributed by atoms with Gasteiger partial charge < -0.3 is 0 Å². The van der Waals surface area contributed by atoms with Crippen molar-refractivity contribution in [3.8, 4) is 11.1 Å². The van der Waals surface area contributed by atoms with Gasteiger partial charge in [-0.05, 0) is 62.4 Å². The first-order valence-electron chi connectivity index (χ1n) is 11.1. The molecule has 0 aromatic heterocycles. The lowest BCUT2D eigenvalue weighted by Crippen LogP contribution is -2.01. The van der Waals surface area contributed by atoms with Crippen LogP contribution in [0.4, 0.5) is 0 Å². The van der Waals surface area contributed by atoms with E-state index in [2.05, 4.69) is 116 Å². The maximum atomic E-state index is 2.38. The van der Waals surface area contributed by atoms with Crippen molar-refractivity contribution in [1.29, 1.82) is 0 Å². The predicted molar refractivity (Wildman–Crippen MR) is 135 cm³/mol. The molecule has 1 atom stereocenters. The van der Waals surface area contributed by atoms with Gasteiger partial charge in [-0.3, -0.25) is 0 Å². The molecule has 31 heavy (non-hydrogen) atoms. The second-order valence-electron chi connectivity index (χ2n) is 8.57. The molecule has 148 valence electrons. The third-order valence-electron chi connectivity index (χ3n) is 6.63. The topological polar surface area (TPSA) is 0 Å². The van der Waals surface area contributed by atoms with Crippen LogP contribution in [0.1, 0.15) is 23.5 Å². The normalized spacial score (nSPS) is 15.8. The van der Waals surface area contributed by atoms with E-state index in [1.54, 1.807) is 0 Å². The summed E-state index contributed by atoms with van der Waals surface area (Å²) in [4.78, 5) is 0. The van der Waals surface area contributed by atoms with Crippen molar-refractivity contribution < 1.29 is 0 Å². The van der Waals surface area contributed by atoms with Gasteiger partial charge in [0.05, 0.1) is 0 Å². The Hall–Kier alpha value is -3.64. The third kappa shape index (κ3) is 2.91. The molecule has 1 aliphatic rings. The van der Waals surface area contributed by atoms with Crippen LogP contribution in [-0.2, 0) is 0 Å². The summed E-state index contributed by atoms with van der Waals surface area (Å²) in [6.07, 6.45) is 10.1. The van der Waals surface area contributed by atoms with E-state index in [0.29, 0.717) is 5.92 Å². The highest BCUT2D eigenvalue weighted by atomic mass is 14.2. The summed E-state index contributed by atoms with van der Waals surface area (Å²) in [7, 11) is 0. The van der Waals surface area contributed by atoms with E-state index in [1.807, 2.05) is 0 Å². The third-order valence-corrected chi connectivity index (χ3v) is 6.63. The second kappa shape index (κ2) is 7.25. The van der Waals surface area contributed by atoms with Crippen LogP contribution in [0.5, 0.6) is 0 Å². The van der Waals surface area contributed by atoms with Crippen molar-refractivity contribution in [2.75, 3.05) is 0 Å². The summed E-state index contributed by atoms with van der Waals surface area (Å²) in [5.74, 6) is 0.404. The lowest BCUT2D eigenvalue weighted by atomic mass is 9.80. The first kappa shape index (κ1) is 18.2. The van der Waals surface area contributed by atoms with Gasteiger partial charge in [0.1, 0.15) is 0 Å². The van der Waals surface area contributed by atoms with Crippen molar-refractivity contribution in [2.45, 2.75) is 19.3 Å². The molecule has 5 aromatic rings. The maximum Gasteiger partial charge on any atom is 0.00680 e. The van der Waals surface area contributed by atoms with Crippen LogP contribution in [-0.4, -0.2) is 0 Å². The monoisotopic (exact) mass is 396 g/mol. The highest BCUT2D eigenvalue weighted by molar-refractivity contribution is 6.18. The smallest absolute Gasteiger partial charge is 0.00680 e. The Bertz CT molecular complexity index is 1510. The van der Waals surface area contributed by atoms with Crippen molar-refractivity contribution in [3.05, 3.63) is 120 Å². The highest BCUT2D eigenvalue weighted by Gasteiger charge is 2.21. The van der Waals surface area contributed by atoms with E-state index in [0.717, 1.165) is 6.42 Å². The molecule has 0 N–H and O–H groups in total. The fourth-order valence-electron chi connectivity index (χ4n) is 5.25. The van der Waals surface area contributed by atoms with Crippen LogP contribution in [0.15, 0.2) is 109 Å². The molecule has 0 saturated heterocycles. The Morgan fingerprint density at radius 1 is 0.645 bits per heavy atom. The number of aryl methyl sites for hydroxylation is 1. The van der Waals surface area contributed by atoms with Crippen LogP contribution in [0.3, 0.4) is 0 Å². The fraction of sp³-hybridized carbons (Fsp3) is 0.0968. The van der Waals surface area contributed by atoms with E-state index in [4.69, 9.17) is 0 Å². The van der Waals surface area contributed by atoms with Gasteiger partial charge in [0.2, 0.25) is 0 Å². The molecule has 6 rings (SSSR count). The first-order valence-corrected chi connectivity index (χ1v) is 11.1. The zero-order valence-electron chi connectivity index (χ0n) is 17.7. The van der Waals surface area contributed by atoms with Gasteiger partial charge in [-0.25, -0.2) is 0 Å². The second-order valence-corrected chi connectivity index (χ2v) is 8.57. The average molecular weight is 397 g/mol. The molecule has 0 heteroatoms. The Kier molecular flexibility index (Phi) is 4.25. The molecule has 0 heterocycles. The molecule has 0 amide bonds. The minimum atomic E-state index is 0.404. The zero-order chi connectivity index (χ0) is 20.8. The maximum absolute atomic E-state index is 2.38. The summed E-state index contributed by atoms with van der Waals surface area (Å²) in [6.45, 7) is 2.20. The van der Waals surface area contributed by atoms with E-state index in [9.17, 15) is 0 Å². The van der Waals surface area contributed by atoms with Gasteiger partial charge in [-0.1, -0.05) is 115 Å². The number of allylic oxidation sites excluding steroid dienone is 4. The molecule has 0 fully saturated rings. The molecule has 1 aliphatic carbocycles.